The molecule has 0 radical (unpaired) electrons. The highest BCUT2D eigenvalue weighted by Crippen LogP contribution is 2.45. The standard InChI is InChI=1S/C42H53NO6/c1-42(2,3)35-24-22-30(21-23-31(48-41(47)26-25-40(45)46)16-8-7-15-29-13-5-4-6-14-29)27-36(35)43-39(44)28-34-32-17-9-11-19-37(32)49-38-20-12-10-18-33(34)38/h9-12,17-20,22,24,27,29,31,34H,4-8,13-16,21,23,25-26,28H2,1-3H3,(H,43,44)(H,45,46)/t31-/m0/s1. The number of carboxylic acids is 1. The molecule has 7 heteroatoms. The zero-order chi connectivity index (χ0) is 34.8. The number of hydrogen-bond donors (Lipinski definition) is 2. The summed E-state index contributed by atoms with van der Waals surface area (Å²) >= 11 is 0. The maximum absolute atomic E-state index is 13.8. The second kappa shape index (κ2) is 17.0. The van der Waals surface area contributed by atoms with Crippen molar-refractivity contribution in [2.75, 3.05) is 5.32 Å². The number of para-hydroxylation sites is 2. The van der Waals surface area contributed by atoms with Gasteiger partial charge in [0.15, 0.2) is 0 Å². The number of aryl methyl sites for hydroxylation is 1. The molecule has 1 aliphatic heterocycles. The highest BCUT2D eigenvalue weighted by atomic mass is 16.5. The molecule has 1 amide bonds. The van der Waals surface area contributed by atoms with Crippen molar-refractivity contribution in [3.63, 3.8) is 0 Å². The van der Waals surface area contributed by atoms with Crippen LogP contribution in [0.5, 0.6) is 11.5 Å². The molecule has 0 bridgehead atoms. The van der Waals surface area contributed by atoms with E-state index in [4.69, 9.17) is 14.6 Å². The second-order valence-corrected chi connectivity index (χ2v) is 14.9. The largest absolute Gasteiger partial charge is 0.481 e. The Morgan fingerprint density at radius 3 is 2.20 bits per heavy atom. The molecule has 262 valence electrons. The lowest BCUT2D eigenvalue weighted by atomic mass is 9.84. The number of esters is 1. The molecule has 0 spiro atoms. The minimum Gasteiger partial charge on any atom is -0.481 e. The summed E-state index contributed by atoms with van der Waals surface area (Å²) in [5, 5.41) is 12.3. The Kier molecular flexibility index (Phi) is 12.5. The number of anilines is 1. The van der Waals surface area contributed by atoms with Crippen LogP contribution in [0.3, 0.4) is 0 Å². The lowest BCUT2D eigenvalue weighted by Gasteiger charge is -2.28. The van der Waals surface area contributed by atoms with Crippen LogP contribution in [0.4, 0.5) is 5.69 Å². The normalized spacial score (nSPS) is 15.4. The molecular formula is C42H53NO6. The number of nitrogens with one attached hydrogen (secondary N) is 1. The molecule has 1 saturated carbocycles. The van der Waals surface area contributed by atoms with Crippen LogP contribution in [-0.4, -0.2) is 29.1 Å². The Morgan fingerprint density at radius 2 is 1.55 bits per heavy atom. The van der Waals surface area contributed by atoms with Crippen LogP contribution in [0.25, 0.3) is 0 Å². The topological polar surface area (TPSA) is 102 Å². The number of ether oxygens (including phenoxy) is 2. The third-order valence-electron chi connectivity index (χ3n) is 10.1. The van der Waals surface area contributed by atoms with Gasteiger partial charge in [0.1, 0.15) is 17.6 Å². The minimum absolute atomic E-state index is 0.0673. The molecule has 0 saturated heterocycles. The summed E-state index contributed by atoms with van der Waals surface area (Å²) in [4.78, 5) is 37.4. The van der Waals surface area contributed by atoms with Gasteiger partial charge in [-0.25, -0.2) is 0 Å². The number of unbranched alkanes of at least 4 members (excludes halogenated alkanes) is 1. The average molecular weight is 668 g/mol. The van der Waals surface area contributed by atoms with Gasteiger partial charge in [0, 0.05) is 29.2 Å². The quantitative estimate of drug-likeness (QED) is 0.124. The fraction of sp³-hybridized carbons (Fsp3) is 0.500. The zero-order valence-electron chi connectivity index (χ0n) is 29.5. The summed E-state index contributed by atoms with van der Waals surface area (Å²) in [5.41, 5.74) is 4.72. The Balaban J connectivity index is 1.26. The molecular weight excluding hydrogens is 614 g/mol. The highest BCUT2D eigenvalue weighted by molar-refractivity contribution is 5.93. The van der Waals surface area contributed by atoms with Gasteiger partial charge >= 0.3 is 11.9 Å². The van der Waals surface area contributed by atoms with E-state index in [1.165, 1.54) is 38.5 Å². The first-order chi connectivity index (χ1) is 23.6. The van der Waals surface area contributed by atoms with Gasteiger partial charge in [0.05, 0.1) is 12.8 Å². The molecule has 5 rings (SSSR count). The van der Waals surface area contributed by atoms with Gasteiger partial charge < -0.3 is 19.9 Å². The molecule has 3 aromatic rings. The molecule has 2 aliphatic rings. The van der Waals surface area contributed by atoms with E-state index in [2.05, 4.69) is 44.3 Å². The first-order valence-corrected chi connectivity index (χ1v) is 18.3. The van der Waals surface area contributed by atoms with Crippen molar-refractivity contribution in [2.24, 2.45) is 5.92 Å². The van der Waals surface area contributed by atoms with Crippen LogP contribution in [0.2, 0.25) is 0 Å². The van der Waals surface area contributed by atoms with Gasteiger partial charge in [0.2, 0.25) is 5.91 Å². The summed E-state index contributed by atoms with van der Waals surface area (Å²) in [6.45, 7) is 6.42. The van der Waals surface area contributed by atoms with E-state index >= 15 is 0 Å². The van der Waals surface area contributed by atoms with E-state index in [0.717, 1.165) is 64.6 Å². The van der Waals surface area contributed by atoms with E-state index in [9.17, 15) is 14.4 Å². The molecule has 2 N–H and O–H groups in total. The Morgan fingerprint density at radius 1 is 0.878 bits per heavy atom. The predicted molar refractivity (Wildman–Crippen MR) is 193 cm³/mol. The number of aliphatic carboxylic acids is 1. The van der Waals surface area contributed by atoms with Gasteiger partial charge in [0.25, 0.3) is 0 Å². The maximum atomic E-state index is 13.8. The Bertz CT molecular complexity index is 1540. The van der Waals surface area contributed by atoms with Crippen molar-refractivity contribution in [1.29, 1.82) is 0 Å². The van der Waals surface area contributed by atoms with E-state index < -0.39 is 11.9 Å². The molecule has 49 heavy (non-hydrogen) atoms. The number of carbonyl (C=O) groups is 3. The van der Waals surface area contributed by atoms with Crippen molar-refractivity contribution in [3.05, 3.63) is 89.0 Å². The summed E-state index contributed by atoms with van der Waals surface area (Å²) in [6, 6.07) is 22.1. The zero-order valence-corrected chi connectivity index (χ0v) is 29.5. The van der Waals surface area contributed by atoms with Crippen LogP contribution in [0.15, 0.2) is 66.7 Å². The van der Waals surface area contributed by atoms with Crippen LogP contribution in [0.1, 0.15) is 132 Å². The van der Waals surface area contributed by atoms with Gasteiger partial charge in [-0.15, -0.1) is 0 Å². The Labute approximate surface area is 291 Å². The van der Waals surface area contributed by atoms with E-state index in [1.54, 1.807) is 0 Å². The van der Waals surface area contributed by atoms with Gasteiger partial charge in [-0.2, -0.15) is 0 Å². The smallest absolute Gasteiger partial charge is 0.306 e. The number of amides is 1. The molecule has 1 fully saturated rings. The summed E-state index contributed by atoms with van der Waals surface area (Å²) in [7, 11) is 0. The number of benzene rings is 3. The van der Waals surface area contributed by atoms with Crippen LogP contribution in [0, 0.1) is 5.92 Å². The lowest BCUT2D eigenvalue weighted by Crippen LogP contribution is -2.22. The van der Waals surface area contributed by atoms with Crippen molar-refractivity contribution in [1.82, 2.24) is 0 Å². The molecule has 1 heterocycles. The molecule has 0 unspecified atom stereocenters. The van der Waals surface area contributed by atoms with Crippen molar-refractivity contribution >= 4 is 23.5 Å². The molecule has 1 atom stereocenters. The van der Waals surface area contributed by atoms with E-state index in [0.29, 0.717) is 12.8 Å². The minimum atomic E-state index is -1.00. The number of carboxylic acid groups (broad SMARTS) is 1. The van der Waals surface area contributed by atoms with E-state index in [1.807, 2.05) is 48.5 Å². The predicted octanol–water partition coefficient (Wildman–Crippen LogP) is 10.1. The fourth-order valence-electron chi connectivity index (χ4n) is 7.44. The molecule has 3 aromatic carbocycles. The van der Waals surface area contributed by atoms with Gasteiger partial charge in [-0.1, -0.05) is 114 Å². The maximum Gasteiger partial charge on any atom is 0.306 e. The fourth-order valence-corrected chi connectivity index (χ4v) is 7.44. The summed E-state index contributed by atoms with van der Waals surface area (Å²) in [6.07, 6.45) is 11.7. The van der Waals surface area contributed by atoms with Crippen molar-refractivity contribution in [2.45, 2.75) is 128 Å². The summed E-state index contributed by atoms with van der Waals surface area (Å²) in [5.74, 6) is 0.731. The SMILES string of the molecule is CC(C)(C)c1ccc(CC[C@H](CCCCC2CCCCC2)OC(=O)CCC(=O)O)cc1NC(=O)CC1c2ccccc2Oc2ccccc21. The first-order valence-electron chi connectivity index (χ1n) is 18.3. The number of rotatable bonds is 15. The van der Waals surface area contributed by atoms with Gasteiger partial charge in [-0.3, -0.25) is 14.4 Å². The highest BCUT2D eigenvalue weighted by Gasteiger charge is 2.29. The number of carbonyl (C=O) groups excluding carboxylic acids is 2. The third kappa shape index (κ3) is 10.4. The van der Waals surface area contributed by atoms with E-state index in [-0.39, 0.29) is 42.6 Å². The molecule has 7 nitrogen and oxygen atoms in total. The summed E-state index contributed by atoms with van der Waals surface area (Å²) < 4.78 is 12.0. The van der Waals surface area contributed by atoms with Crippen LogP contribution in [-0.2, 0) is 31.0 Å². The average Bonchev–Trinajstić information content (AvgIpc) is 3.08. The molecule has 0 aromatic heterocycles. The van der Waals surface area contributed by atoms with Crippen molar-refractivity contribution < 1.29 is 29.0 Å². The van der Waals surface area contributed by atoms with Crippen LogP contribution >= 0.6 is 0 Å². The second-order valence-electron chi connectivity index (χ2n) is 14.9. The third-order valence-corrected chi connectivity index (χ3v) is 10.1. The Hall–Kier alpha value is -4.13. The van der Waals surface area contributed by atoms with Crippen LogP contribution < -0.4 is 10.1 Å². The number of fused-ring (bicyclic) bond motifs is 2. The first kappa shape index (κ1) is 36.2. The van der Waals surface area contributed by atoms with Crippen molar-refractivity contribution in [3.8, 4) is 11.5 Å². The lowest BCUT2D eigenvalue weighted by molar-refractivity contribution is -0.152. The number of hydrogen-bond acceptors (Lipinski definition) is 5. The van der Waals surface area contributed by atoms with Gasteiger partial charge in [-0.05, 0) is 66.3 Å². The monoisotopic (exact) mass is 667 g/mol. The molecule has 1 aliphatic carbocycles.